The summed E-state index contributed by atoms with van der Waals surface area (Å²) >= 11 is 6.16. The van der Waals surface area contributed by atoms with E-state index < -0.39 is 15.8 Å². The average molecular weight is 369 g/mol. The van der Waals surface area contributed by atoms with Crippen molar-refractivity contribution < 1.29 is 12.8 Å². The van der Waals surface area contributed by atoms with Gasteiger partial charge in [0.1, 0.15) is 5.82 Å². The molecule has 0 radical (unpaired) electrons. The van der Waals surface area contributed by atoms with Crippen molar-refractivity contribution >= 4 is 27.3 Å². The second-order valence-corrected chi connectivity index (χ2v) is 8.12. The summed E-state index contributed by atoms with van der Waals surface area (Å²) < 4.78 is 39.6. The normalized spacial score (nSPS) is 16.4. The average Bonchev–Trinajstić information content (AvgIpc) is 2.58. The van der Waals surface area contributed by atoms with Crippen LogP contribution in [0.2, 0.25) is 5.02 Å². The predicted molar refractivity (Wildman–Crippen MR) is 93.6 cm³/mol. The van der Waals surface area contributed by atoms with E-state index in [9.17, 15) is 12.8 Å². The van der Waals surface area contributed by atoms with E-state index in [-0.39, 0.29) is 4.90 Å². The lowest BCUT2D eigenvalue weighted by molar-refractivity contribution is 0.385. The van der Waals surface area contributed by atoms with Gasteiger partial charge in [-0.2, -0.15) is 4.31 Å². The standard InChI is InChI=1S/C17H18ClFN2O2S/c1-13-2-5-15(12-17(13)18)20-8-10-21(11-9-20)24(22,23)16-6-3-14(19)4-7-16/h2-7,12H,8-11H2,1H3. The number of hydrogen-bond acceptors (Lipinski definition) is 3. The van der Waals surface area contributed by atoms with Crippen molar-refractivity contribution in [2.75, 3.05) is 31.1 Å². The van der Waals surface area contributed by atoms with Gasteiger partial charge in [-0.25, -0.2) is 12.8 Å². The molecule has 2 aromatic carbocycles. The number of piperazine rings is 1. The van der Waals surface area contributed by atoms with E-state index in [1.54, 1.807) is 0 Å². The lowest BCUT2D eigenvalue weighted by Crippen LogP contribution is -2.48. The van der Waals surface area contributed by atoms with Crippen molar-refractivity contribution in [3.05, 3.63) is 58.9 Å². The zero-order valence-electron chi connectivity index (χ0n) is 13.2. The Kier molecular flexibility index (Phi) is 4.80. The smallest absolute Gasteiger partial charge is 0.243 e. The van der Waals surface area contributed by atoms with E-state index in [1.807, 2.05) is 25.1 Å². The monoisotopic (exact) mass is 368 g/mol. The molecule has 4 nitrogen and oxygen atoms in total. The van der Waals surface area contributed by atoms with Crippen LogP contribution in [-0.2, 0) is 10.0 Å². The fourth-order valence-corrected chi connectivity index (χ4v) is 4.32. The van der Waals surface area contributed by atoms with E-state index in [0.29, 0.717) is 31.2 Å². The van der Waals surface area contributed by atoms with Crippen LogP contribution in [0.4, 0.5) is 10.1 Å². The van der Waals surface area contributed by atoms with Gasteiger partial charge in [0.05, 0.1) is 4.90 Å². The molecule has 7 heteroatoms. The van der Waals surface area contributed by atoms with Crippen molar-refractivity contribution in [3.8, 4) is 0 Å². The zero-order valence-corrected chi connectivity index (χ0v) is 14.8. The molecule has 3 rings (SSSR count). The second kappa shape index (κ2) is 6.70. The minimum absolute atomic E-state index is 0.121. The van der Waals surface area contributed by atoms with Crippen molar-refractivity contribution in [2.45, 2.75) is 11.8 Å². The Hall–Kier alpha value is -1.63. The molecule has 1 saturated heterocycles. The lowest BCUT2D eigenvalue weighted by Gasteiger charge is -2.35. The summed E-state index contributed by atoms with van der Waals surface area (Å²) in [6, 6.07) is 10.8. The topological polar surface area (TPSA) is 40.6 Å². The molecular weight excluding hydrogens is 351 g/mol. The molecule has 0 atom stereocenters. The summed E-state index contributed by atoms with van der Waals surface area (Å²) in [5, 5.41) is 0.703. The summed E-state index contributed by atoms with van der Waals surface area (Å²) in [6.07, 6.45) is 0. The minimum Gasteiger partial charge on any atom is -0.369 e. The van der Waals surface area contributed by atoms with Crippen molar-refractivity contribution in [1.29, 1.82) is 0 Å². The molecule has 0 bridgehead atoms. The molecule has 128 valence electrons. The predicted octanol–water partition coefficient (Wildman–Crippen LogP) is 3.30. The highest BCUT2D eigenvalue weighted by atomic mass is 35.5. The largest absolute Gasteiger partial charge is 0.369 e. The number of halogens is 2. The molecule has 0 saturated carbocycles. The molecule has 0 aromatic heterocycles. The molecule has 0 spiro atoms. The van der Waals surface area contributed by atoms with Crippen molar-refractivity contribution in [3.63, 3.8) is 0 Å². The van der Waals surface area contributed by atoms with Crippen LogP contribution in [0.3, 0.4) is 0 Å². The molecule has 0 unspecified atom stereocenters. The third-order valence-corrected chi connectivity index (χ3v) is 6.53. The molecule has 24 heavy (non-hydrogen) atoms. The first-order valence-corrected chi connectivity index (χ1v) is 9.46. The van der Waals surface area contributed by atoms with Gasteiger partial charge in [0.15, 0.2) is 0 Å². The molecular formula is C17H18ClFN2O2S. The van der Waals surface area contributed by atoms with Crippen molar-refractivity contribution in [2.24, 2.45) is 0 Å². The van der Waals surface area contributed by atoms with Gasteiger partial charge in [0, 0.05) is 36.9 Å². The SMILES string of the molecule is Cc1ccc(N2CCN(S(=O)(=O)c3ccc(F)cc3)CC2)cc1Cl. The van der Waals surface area contributed by atoms with Gasteiger partial charge in [0.25, 0.3) is 0 Å². The fourth-order valence-electron chi connectivity index (χ4n) is 2.72. The van der Waals surface area contributed by atoms with Gasteiger partial charge in [-0.1, -0.05) is 17.7 Å². The third kappa shape index (κ3) is 3.41. The first-order chi connectivity index (χ1) is 11.4. The maximum atomic E-state index is 13.0. The number of rotatable bonds is 3. The van der Waals surface area contributed by atoms with Crippen LogP contribution in [0.5, 0.6) is 0 Å². The van der Waals surface area contributed by atoms with Crippen LogP contribution >= 0.6 is 11.6 Å². The van der Waals surface area contributed by atoms with E-state index in [0.717, 1.165) is 23.4 Å². The zero-order chi connectivity index (χ0) is 17.3. The first-order valence-electron chi connectivity index (χ1n) is 7.65. The quantitative estimate of drug-likeness (QED) is 0.834. The van der Waals surface area contributed by atoms with Crippen LogP contribution in [0, 0.1) is 12.7 Å². The molecule has 2 aromatic rings. The Morgan fingerprint density at radius 1 is 1.00 bits per heavy atom. The molecule has 1 heterocycles. The number of aryl methyl sites for hydroxylation is 1. The van der Waals surface area contributed by atoms with Gasteiger partial charge in [-0.15, -0.1) is 0 Å². The van der Waals surface area contributed by atoms with Gasteiger partial charge < -0.3 is 4.90 Å². The first kappa shape index (κ1) is 17.2. The maximum absolute atomic E-state index is 13.0. The van der Waals surface area contributed by atoms with E-state index in [1.165, 1.54) is 16.4 Å². The van der Waals surface area contributed by atoms with Crippen LogP contribution in [-0.4, -0.2) is 38.9 Å². The summed E-state index contributed by atoms with van der Waals surface area (Å²) in [4.78, 5) is 2.23. The number of hydrogen-bond donors (Lipinski definition) is 0. The highest BCUT2D eigenvalue weighted by molar-refractivity contribution is 7.89. The number of anilines is 1. The summed E-state index contributed by atoms with van der Waals surface area (Å²) in [6.45, 7) is 3.87. The van der Waals surface area contributed by atoms with Gasteiger partial charge in [0.2, 0.25) is 10.0 Å². The van der Waals surface area contributed by atoms with E-state index >= 15 is 0 Å². The Balaban J connectivity index is 1.72. The van der Waals surface area contributed by atoms with Crippen LogP contribution in [0.1, 0.15) is 5.56 Å². The number of benzene rings is 2. The maximum Gasteiger partial charge on any atom is 0.243 e. The summed E-state index contributed by atoms with van der Waals surface area (Å²) in [5.74, 6) is -0.449. The second-order valence-electron chi connectivity index (χ2n) is 5.78. The molecule has 1 aliphatic rings. The van der Waals surface area contributed by atoms with E-state index in [2.05, 4.69) is 4.90 Å². The fraction of sp³-hybridized carbons (Fsp3) is 0.294. The highest BCUT2D eigenvalue weighted by Crippen LogP contribution is 2.25. The van der Waals surface area contributed by atoms with Gasteiger partial charge in [-0.05, 0) is 48.9 Å². The molecule has 0 aliphatic carbocycles. The molecule has 1 aliphatic heterocycles. The van der Waals surface area contributed by atoms with Crippen LogP contribution < -0.4 is 4.90 Å². The van der Waals surface area contributed by atoms with Gasteiger partial charge in [-0.3, -0.25) is 0 Å². The summed E-state index contributed by atoms with van der Waals surface area (Å²) in [5.41, 5.74) is 2.00. The Bertz CT molecular complexity index is 832. The highest BCUT2D eigenvalue weighted by Gasteiger charge is 2.28. The third-order valence-electron chi connectivity index (χ3n) is 4.21. The van der Waals surface area contributed by atoms with Crippen LogP contribution in [0.25, 0.3) is 0 Å². The molecule has 0 N–H and O–H groups in total. The number of nitrogens with zero attached hydrogens (tertiary/aromatic N) is 2. The number of sulfonamides is 1. The lowest BCUT2D eigenvalue weighted by atomic mass is 10.2. The minimum atomic E-state index is -3.59. The van der Waals surface area contributed by atoms with Crippen molar-refractivity contribution in [1.82, 2.24) is 4.31 Å². The van der Waals surface area contributed by atoms with E-state index in [4.69, 9.17) is 11.6 Å². The Morgan fingerprint density at radius 2 is 1.62 bits per heavy atom. The summed E-state index contributed by atoms with van der Waals surface area (Å²) in [7, 11) is -3.59. The Morgan fingerprint density at radius 3 is 2.21 bits per heavy atom. The van der Waals surface area contributed by atoms with Gasteiger partial charge >= 0.3 is 0 Å². The molecule has 0 amide bonds. The van der Waals surface area contributed by atoms with Crippen LogP contribution in [0.15, 0.2) is 47.4 Å². The molecule has 1 fully saturated rings. The Labute approximate surface area is 146 Å².